The van der Waals surface area contributed by atoms with E-state index in [1.54, 1.807) is 18.3 Å². The van der Waals surface area contributed by atoms with Gasteiger partial charge in [-0.1, -0.05) is 12.1 Å². The Bertz CT molecular complexity index is 1380. The molecule has 0 amide bonds. The van der Waals surface area contributed by atoms with Crippen LogP contribution >= 0.6 is 0 Å². The first-order valence-corrected chi connectivity index (χ1v) is 9.76. The lowest BCUT2D eigenvalue weighted by atomic mass is 9.80. The third-order valence-electron chi connectivity index (χ3n) is 5.29. The minimum absolute atomic E-state index is 0.437. The van der Waals surface area contributed by atoms with Crippen LogP contribution in [-0.4, -0.2) is 27.1 Å². The Labute approximate surface area is 173 Å². The Morgan fingerprint density at radius 1 is 0.800 bits per heavy atom. The first-order valence-electron chi connectivity index (χ1n) is 9.76. The Hall–Kier alpha value is -3.48. The second kappa shape index (κ2) is 7.41. The average Bonchev–Trinajstić information content (AvgIpc) is 3.11. The molecule has 5 rings (SSSR count). The highest BCUT2D eigenvalue weighted by atomic mass is 16.4. The van der Waals surface area contributed by atoms with Gasteiger partial charge in [0, 0.05) is 41.0 Å². The van der Waals surface area contributed by atoms with Crippen LogP contribution in [0.1, 0.15) is 17.0 Å². The highest BCUT2D eigenvalue weighted by Crippen LogP contribution is 2.33. The zero-order valence-electron chi connectivity index (χ0n) is 16.4. The van der Waals surface area contributed by atoms with Gasteiger partial charge in [0.1, 0.15) is 11.2 Å². The fourth-order valence-electron chi connectivity index (χ4n) is 3.80. The van der Waals surface area contributed by atoms with Crippen molar-refractivity contribution in [3.8, 4) is 11.1 Å². The van der Waals surface area contributed by atoms with Gasteiger partial charge in [-0.3, -0.25) is 9.97 Å². The molecule has 3 heterocycles. The Balaban J connectivity index is 1.56. The number of furan rings is 1. The normalized spacial score (nSPS) is 11.3. The summed E-state index contributed by atoms with van der Waals surface area (Å²) in [5.74, 6) is 0. The molecule has 5 aromatic rings. The van der Waals surface area contributed by atoms with Gasteiger partial charge in [0.15, 0.2) is 0 Å². The second-order valence-corrected chi connectivity index (χ2v) is 7.46. The molecule has 0 saturated carbocycles. The molecule has 0 atom stereocenters. The lowest BCUT2D eigenvalue weighted by Gasteiger charge is -2.05. The number of hydrogen-bond donors (Lipinski definition) is 2. The number of hydrogen-bond acceptors (Lipinski definition) is 5. The molecule has 0 unspecified atom stereocenters. The van der Waals surface area contributed by atoms with Crippen LogP contribution in [0.25, 0.3) is 33.1 Å². The van der Waals surface area contributed by atoms with E-state index in [0.717, 1.165) is 50.0 Å². The van der Waals surface area contributed by atoms with E-state index in [0.29, 0.717) is 11.9 Å². The predicted molar refractivity (Wildman–Crippen MR) is 119 cm³/mol. The lowest BCUT2D eigenvalue weighted by molar-refractivity contribution is 0.425. The van der Waals surface area contributed by atoms with Crippen molar-refractivity contribution in [2.24, 2.45) is 0 Å². The van der Waals surface area contributed by atoms with E-state index < -0.39 is 7.12 Å². The van der Waals surface area contributed by atoms with Crippen LogP contribution in [0.4, 0.5) is 0 Å². The van der Waals surface area contributed by atoms with Crippen molar-refractivity contribution < 1.29 is 14.5 Å². The Morgan fingerprint density at radius 2 is 1.53 bits per heavy atom. The first kappa shape index (κ1) is 18.5. The smallest absolute Gasteiger partial charge is 0.456 e. The summed E-state index contributed by atoms with van der Waals surface area (Å²) in [6.07, 6.45) is 4.01. The molecule has 0 spiro atoms. The van der Waals surface area contributed by atoms with E-state index >= 15 is 0 Å². The number of pyridine rings is 2. The molecule has 5 nitrogen and oxygen atoms in total. The molecule has 3 aromatic heterocycles. The van der Waals surface area contributed by atoms with Gasteiger partial charge in [-0.25, -0.2) is 0 Å². The van der Waals surface area contributed by atoms with Crippen LogP contribution in [0.2, 0.25) is 0 Å². The maximum atomic E-state index is 9.39. The quantitative estimate of drug-likeness (QED) is 0.455. The summed E-state index contributed by atoms with van der Waals surface area (Å²) in [6, 6.07) is 19.7. The van der Waals surface area contributed by atoms with Crippen molar-refractivity contribution >= 4 is 34.5 Å². The summed E-state index contributed by atoms with van der Waals surface area (Å²) in [7, 11) is -1.50. The third-order valence-corrected chi connectivity index (χ3v) is 5.29. The van der Waals surface area contributed by atoms with Gasteiger partial charge >= 0.3 is 7.12 Å². The molecule has 146 valence electrons. The second-order valence-electron chi connectivity index (χ2n) is 7.46. The summed E-state index contributed by atoms with van der Waals surface area (Å²) in [4.78, 5) is 8.64. The van der Waals surface area contributed by atoms with E-state index in [1.165, 1.54) is 0 Å². The van der Waals surface area contributed by atoms with Crippen molar-refractivity contribution in [3.63, 3.8) is 0 Å². The minimum Gasteiger partial charge on any atom is -0.456 e. The average molecular weight is 394 g/mol. The van der Waals surface area contributed by atoms with E-state index in [-0.39, 0.29) is 0 Å². The zero-order valence-corrected chi connectivity index (χ0v) is 16.4. The van der Waals surface area contributed by atoms with Gasteiger partial charge in [0.25, 0.3) is 0 Å². The van der Waals surface area contributed by atoms with Gasteiger partial charge in [-0.05, 0) is 77.6 Å². The molecular weight excluding hydrogens is 375 g/mol. The summed E-state index contributed by atoms with van der Waals surface area (Å²) < 4.78 is 6.03. The van der Waals surface area contributed by atoms with Crippen molar-refractivity contribution in [3.05, 3.63) is 90.0 Å². The molecule has 6 heteroatoms. The molecule has 0 aliphatic rings. The molecule has 30 heavy (non-hydrogen) atoms. The Morgan fingerprint density at radius 3 is 2.33 bits per heavy atom. The molecule has 0 saturated heterocycles. The maximum absolute atomic E-state index is 9.39. The van der Waals surface area contributed by atoms with Crippen LogP contribution in [0, 0.1) is 6.92 Å². The number of rotatable bonds is 4. The van der Waals surface area contributed by atoms with E-state index in [9.17, 15) is 10.0 Å². The third kappa shape index (κ3) is 3.47. The highest BCUT2D eigenvalue weighted by molar-refractivity contribution is 6.58. The summed E-state index contributed by atoms with van der Waals surface area (Å²) in [5.41, 5.74) is 7.20. The fraction of sp³-hybridized carbons (Fsp3) is 0.0833. The van der Waals surface area contributed by atoms with Gasteiger partial charge in [0.2, 0.25) is 0 Å². The SMILES string of the molecule is Cc1cc(-c2ccc3oc4ccc(Cc5cc(B(O)O)ccn5)cc4c3c2)ccn1. The van der Waals surface area contributed by atoms with Gasteiger partial charge in [0.05, 0.1) is 0 Å². The predicted octanol–water partition coefficient (Wildman–Crippen LogP) is 3.62. The molecule has 0 fully saturated rings. The number of aromatic nitrogens is 2. The van der Waals surface area contributed by atoms with Crippen LogP contribution in [0.15, 0.2) is 77.5 Å². The maximum Gasteiger partial charge on any atom is 0.488 e. The van der Waals surface area contributed by atoms with Crippen molar-refractivity contribution in [2.45, 2.75) is 13.3 Å². The highest BCUT2D eigenvalue weighted by Gasteiger charge is 2.13. The molecule has 2 N–H and O–H groups in total. The number of aryl methyl sites for hydroxylation is 1. The van der Waals surface area contributed by atoms with Crippen molar-refractivity contribution in [1.29, 1.82) is 0 Å². The largest absolute Gasteiger partial charge is 0.488 e. The molecule has 0 radical (unpaired) electrons. The molecular formula is C24H19BN2O3. The molecule has 0 bridgehead atoms. The van der Waals surface area contributed by atoms with Crippen LogP contribution in [0.3, 0.4) is 0 Å². The monoisotopic (exact) mass is 394 g/mol. The molecule has 2 aromatic carbocycles. The van der Waals surface area contributed by atoms with Crippen molar-refractivity contribution in [2.75, 3.05) is 0 Å². The topological polar surface area (TPSA) is 79.4 Å². The summed E-state index contributed by atoms with van der Waals surface area (Å²) in [5, 5.41) is 20.9. The molecule has 0 aliphatic carbocycles. The van der Waals surface area contributed by atoms with Gasteiger partial charge in [-0.15, -0.1) is 0 Å². The standard InChI is InChI=1S/C24H19BN2O3/c1-15-10-18(6-8-26-15)17-3-5-24-22(13-17)21-12-16(2-4-23(21)30-24)11-20-14-19(25(28)29)7-9-27-20/h2-10,12-14,28-29H,11H2,1H3. The fourth-order valence-corrected chi connectivity index (χ4v) is 3.80. The van der Waals surface area contributed by atoms with Gasteiger partial charge in [-0.2, -0.15) is 0 Å². The number of fused-ring (bicyclic) bond motifs is 3. The lowest BCUT2D eigenvalue weighted by Crippen LogP contribution is -2.30. The zero-order chi connectivity index (χ0) is 20.7. The first-order chi connectivity index (χ1) is 14.6. The summed E-state index contributed by atoms with van der Waals surface area (Å²) >= 11 is 0. The van der Waals surface area contributed by atoms with E-state index in [4.69, 9.17) is 4.42 Å². The van der Waals surface area contributed by atoms with Crippen molar-refractivity contribution in [1.82, 2.24) is 9.97 Å². The minimum atomic E-state index is -1.50. The van der Waals surface area contributed by atoms with Crippen LogP contribution in [-0.2, 0) is 6.42 Å². The summed E-state index contributed by atoms with van der Waals surface area (Å²) in [6.45, 7) is 1.99. The van der Waals surface area contributed by atoms with Crippen LogP contribution < -0.4 is 5.46 Å². The number of nitrogens with zero attached hydrogens (tertiary/aromatic N) is 2. The number of benzene rings is 2. The van der Waals surface area contributed by atoms with Crippen LogP contribution in [0.5, 0.6) is 0 Å². The Kier molecular flexibility index (Phi) is 4.58. The molecule has 0 aliphatic heterocycles. The van der Waals surface area contributed by atoms with E-state index in [1.807, 2.05) is 37.4 Å². The van der Waals surface area contributed by atoms with E-state index in [2.05, 4.69) is 34.2 Å². The van der Waals surface area contributed by atoms with Gasteiger partial charge < -0.3 is 14.5 Å².